The molecular weight excluding hydrogens is 192 g/mol. The number of hydrogen-bond acceptors (Lipinski definition) is 3. The van der Waals surface area contributed by atoms with Crippen LogP contribution in [0.5, 0.6) is 0 Å². The van der Waals surface area contributed by atoms with Crippen LogP contribution in [0.15, 0.2) is 0 Å². The van der Waals surface area contributed by atoms with Crippen LogP contribution in [0.25, 0.3) is 0 Å². The first kappa shape index (κ1) is 10.8. The lowest BCUT2D eigenvalue weighted by molar-refractivity contribution is 0.348. The Morgan fingerprint density at radius 1 is 1.07 bits per heavy atom. The molecule has 2 aliphatic rings. The molecule has 2 aliphatic heterocycles. The summed E-state index contributed by atoms with van der Waals surface area (Å²) in [5, 5.41) is 7.15. The predicted molar refractivity (Wildman–Crippen MR) is 63.9 cm³/mol. The maximum atomic E-state index is 3.74. The van der Waals surface area contributed by atoms with Crippen LogP contribution in [0.4, 0.5) is 0 Å². The summed E-state index contributed by atoms with van der Waals surface area (Å²) in [6.45, 7) is 3.68. The van der Waals surface area contributed by atoms with Crippen LogP contribution in [0.3, 0.4) is 0 Å². The van der Waals surface area contributed by atoms with Crippen molar-refractivity contribution >= 4 is 11.8 Å². The van der Waals surface area contributed by atoms with Gasteiger partial charge >= 0.3 is 0 Å². The van der Waals surface area contributed by atoms with Gasteiger partial charge in [-0.2, -0.15) is 11.8 Å². The van der Waals surface area contributed by atoms with Crippen molar-refractivity contribution in [2.24, 2.45) is 5.92 Å². The second-order valence-electron chi connectivity index (χ2n) is 4.49. The largest absolute Gasteiger partial charge is 0.317 e. The smallest absolute Gasteiger partial charge is 0.00913 e. The summed E-state index contributed by atoms with van der Waals surface area (Å²) < 4.78 is 0. The second-order valence-corrected chi connectivity index (χ2v) is 5.71. The van der Waals surface area contributed by atoms with E-state index in [1.54, 1.807) is 0 Å². The highest BCUT2D eigenvalue weighted by molar-refractivity contribution is 7.99. The summed E-state index contributed by atoms with van der Waals surface area (Å²) in [6, 6.07) is 0.797. The summed E-state index contributed by atoms with van der Waals surface area (Å²) in [5.41, 5.74) is 0. The number of thioether (sulfide) groups is 1. The summed E-state index contributed by atoms with van der Waals surface area (Å²) in [4.78, 5) is 0. The minimum Gasteiger partial charge on any atom is -0.317 e. The van der Waals surface area contributed by atoms with E-state index in [9.17, 15) is 0 Å². The third-order valence-corrected chi connectivity index (χ3v) is 4.42. The van der Waals surface area contributed by atoms with E-state index >= 15 is 0 Å². The topological polar surface area (TPSA) is 24.1 Å². The maximum Gasteiger partial charge on any atom is 0.00913 e. The van der Waals surface area contributed by atoms with Crippen molar-refractivity contribution in [1.82, 2.24) is 10.6 Å². The molecule has 2 nitrogen and oxygen atoms in total. The zero-order valence-electron chi connectivity index (χ0n) is 8.93. The number of piperidine rings is 1. The standard InChI is InChI=1S/C11H22N2S/c1-5-12-6-2-11(1)13-9-10-3-7-14-8-4-10/h10-13H,1-9H2. The van der Waals surface area contributed by atoms with E-state index in [0.29, 0.717) is 0 Å². The Balaban J connectivity index is 1.60. The van der Waals surface area contributed by atoms with Crippen molar-refractivity contribution in [3.05, 3.63) is 0 Å². The van der Waals surface area contributed by atoms with Crippen LogP contribution in [0.1, 0.15) is 25.7 Å². The minimum atomic E-state index is 0.797. The maximum absolute atomic E-state index is 3.74. The summed E-state index contributed by atoms with van der Waals surface area (Å²) >= 11 is 2.12. The average molecular weight is 214 g/mol. The molecule has 0 amide bonds. The van der Waals surface area contributed by atoms with Gasteiger partial charge < -0.3 is 10.6 Å². The van der Waals surface area contributed by atoms with Crippen molar-refractivity contribution in [3.8, 4) is 0 Å². The van der Waals surface area contributed by atoms with Gasteiger partial charge in [0, 0.05) is 6.04 Å². The van der Waals surface area contributed by atoms with Gasteiger partial charge in [0.15, 0.2) is 0 Å². The van der Waals surface area contributed by atoms with Gasteiger partial charge in [0.25, 0.3) is 0 Å². The highest BCUT2D eigenvalue weighted by Gasteiger charge is 2.16. The van der Waals surface area contributed by atoms with Crippen LogP contribution in [0.2, 0.25) is 0 Å². The van der Waals surface area contributed by atoms with E-state index in [0.717, 1.165) is 12.0 Å². The fourth-order valence-electron chi connectivity index (χ4n) is 2.31. The van der Waals surface area contributed by atoms with Gasteiger partial charge in [-0.05, 0) is 62.7 Å². The van der Waals surface area contributed by atoms with E-state index in [2.05, 4.69) is 22.4 Å². The lowest BCUT2D eigenvalue weighted by Crippen LogP contribution is -2.42. The Morgan fingerprint density at radius 3 is 2.50 bits per heavy atom. The van der Waals surface area contributed by atoms with E-state index < -0.39 is 0 Å². The van der Waals surface area contributed by atoms with Crippen LogP contribution < -0.4 is 10.6 Å². The number of hydrogen-bond donors (Lipinski definition) is 2. The normalized spacial score (nSPS) is 26.6. The highest BCUT2D eigenvalue weighted by Crippen LogP contribution is 2.22. The van der Waals surface area contributed by atoms with Crippen LogP contribution in [-0.2, 0) is 0 Å². The highest BCUT2D eigenvalue weighted by atomic mass is 32.2. The van der Waals surface area contributed by atoms with E-state index in [1.807, 2.05) is 0 Å². The van der Waals surface area contributed by atoms with Crippen molar-refractivity contribution in [3.63, 3.8) is 0 Å². The number of nitrogens with one attached hydrogen (secondary N) is 2. The molecule has 2 rings (SSSR count). The molecule has 0 bridgehead atoms. The molecule has 0 unspecified atom stereocenters. The molecule has 3 heteroatoms. The lowest BCUT2D eigenvalue weighted by Gasteiger charge is -2.27. The molecule has 0 aromatic rings. The van der Waals surface area contributed by atoms with Gasteiger partial charge in [-0.3, -0.25) is 0 Å². The first-order valence-corrected chi connectivity index (χ1v) is 7.12. The van der Waals surface area contributed by atoms with E-state index in [4.69, 9.17) is 0 Å². The molecular formula is C11H22N2S. The van der Waals surface area contributed by atoms with E-state index in [1.165, 1.54) is 56.8 Å². The predicted octanol–water partition coefficient (Wildman–Crippen LogP) is 1.47. The SMILES string of the molecule is C1CC(NCC2CCSCC2)CCN1. The molecule has 14 heavy (non-hydrogen) atoms. The third-order valence-electron chi connectivity index (χ3n) is 3.38. The zero-order chi connectivity index (χ0) is 9.64. The Labute approximate surface area is 91.6 Å². The lowest BCUT2D eigenvalue weighted by atomic mass is 10.0. The summed E-state index contributed by atoms with van der Waals surface area (Å²) in [7, 11) is 0. The Bertz CT molecular complexity index is 133. The molecule has 2 N–H and O–H groups in total. The van der Waals surface area contributed by atoms with Gasteiger partial charge in [0.1, 0.15) is 0 Å². The molecule has 2 saturated heterocycles. The van der Waals surface area contributed by atoms with Gasteiger partial charge in [0.2, 0.25) is 0 Å². The van der Waals surface area contributed by atoms with E-state index in [-0.39, 0.29) is 0 Å². The summed E-state index contributed by atoms with van der Waals surface area (Å²) in [6.07, 6.45) is 5.51. The zero-order valence-corrected chi connectivity index (χ0v) is 9.74. The molecule has 0 aliphatic carbocycles. The average Bonchev–Trinajstić information content (AvgIpc) is 2.29. The fourth-order valence-corrected chi connectivity index (χ4v) is 3.51. The summed E-state index contributed by atoms with van der Waals surface area (Å²) in [5.74, 6) is 3.74. The first-order chi connectivity index (χ1) is 6.95. The molecule has 0 spiro atoms. The monoisotopic (exact) mass is 214 g/mol. The second kappa shape index (κ2) is 5.99. The van der Waals surface area contributed by atoms with Crippen LogP contribution in [0, 0.1) is 5.92 Å². The Hall–Kier alpha value is 0.270. The molecule has 82 valence electrons. The molecule has 2 fully saturated rings. The third kappa shape index (κ3) is 3.44. The molecule has 0 aromatic carbocycles. The molecule has 0 atom stereocenters. The van der Waals surface area contributed by atoms with Crippen molar-refractivity contribution in [2.75, 3.05) is 31.1 Å². The quantitative estimate of drug-likeness (QED) is 0.744. The van der Waals surface area contributed by atoms with Crippen LogP contribution >= 0.6 is 11.8 Å². The Kier molecular flexibility index (Phi) is 4.61. The van der Waals surface area contributed by atoms with Gasteiger partial charge in [-0.15, -0.1) is 0 Å². The van der Waals surface area contributed by atoms with Crippen molar-refractivity contribution in [1.29, 1.82) is 0 Å². The van der Waals surface area contributed by atoms with Crippen molar-refractivity contribution < 1.29 is 0 Å². The van der Waals surface area contributed by atoms with Gasteiger partial charge in [-0.25, -0.2) is 0 Å². The minimum absolute atomic E-state index is 0.797. The van der Waals surface area contributed by atoms with Gasteiger partial charge in [-0.1, -0.05) is 0 Å². The van der Waals surface area contributed by atoms with Gasteiger partial charge in [0.05, 0.1) is 0 Å². The number of rotatable bonds is 3. The molecule has 0 saturated carbocycles. The fraction of sp³-hybridized carbons (Fsp3) is 1.00. The molecule has 0 radical (unpaired) electrons. The van der Waals surface area contributed by atoms with Crippen LogP contribution in [-0.4, -0.2) is 37.2 Å². The molecule has 2 heterocycles. The molecule has 0 aromatic heterocycles. The first-order valence-electron chi connectivity index (χ1n) is 5.97. The van der Waals surface area contributed by atoms with Crippen molar-refractivity contribution in [2.45, 2.75) is 31.7 Å². The Morgan fingerprint density at radius 2 is 1.79 bits per heavy atom.